The van der Waals surface area contributed by atoms with Crippen LogP contribution in [0.2, 0.25) is 0 Å². The highest BCUT2D eigenvalue weighted by atomic mass is 32.1. The zero-order valence-corrected chi connectivity index (χ0v) is 20.1. The maximum absolute atomic E-state index is 12.5. The molecule has 0 saturated carbocycles. The van der Waals surface area contributed by atoms with E-state index in [9.17, 15) is 4.79 Å². The number of benzene rings is 3. The number of hydrogen-bond acceptors (Lipinski definition) is 5. The topological polar surface area (TPSA) is 81.1 Å². The largest absolute Gasteiger partial charge is 0.494 e. The van der Waals surface area contributed by atoms with Crippen molar-refractivity contribution >= 4 is 40.0 Å². The molecule has 0 spiro atoms. The number of carbonyl (C=O) groups is 1. The van der Waals surface area contributed by atoms with Gasteiger partial charge in [0, 0.05) is 11.3 Å². The van der Waals surface area contributed by atoms with E-state index >= 15 is 0 Å². The Morgan fingerprint density at radius 2 is 1.71 bits per heavy atom. The fraction of sp³-hybridized carbons (Fsp3) is 0.231. The predicted octanol–water partition coefficient (Wildman–Crippen LogP) is 5.29. The van der Waals surface area contributed by atoms with E-state index in [4.69, 9.17) is 17.0 Å². The molecule has 3 aromatic carbocycles. The predicted molar refractivity (Wildman–Crippen MR) is 139 cm³/mol. The summed E-state index contributed by atoms with van der Waals surface area (Å²) in [6, 6.07) is 20.8. The molecular formula is C26H27N5O2S. The molecule has 0 fully saturated rings. The van der Waals surface area contributed by atoms with E-state index in [1.54, 1.807) is 29.1 Å². The first-order chi connectivity index (χ1) is 16.6. The second kappa shape index (κ2) is 10.9. The van der Waals surface area contributed by atoms with Crippen LogP contribution >= 0.6 is 12.2 Å². The van der Waals surface area contributed by atoms with Crippen molar-refractivity contribution in [3.63, 3.8) is 0 Å². The van der Waals surface area contributed by atoms with Crippen LogP contribution in [0.15, 0.2) is 66.7 Å². The highest BCUT2D eigenvalue weighted by molar-refractivity contribution is 7.80. The van der Waals surface area contributed by atoms with Gasteiger partial charge in [-0.25, -0.2) is 0 Å². The highest BCUT2D eigenvalue weighted by Gasteiger charge is 2.10. The highest BCUT2D eigenvalue weighted by Crippen LogP contribution is 2.18. The van der Waals surface area contributed by atoms with Crippen molar-refractivity contribution in [3.8, 4) is 11.4 Å². The van der Waals surface area contributed by atoms with Crippen LogP contribution in [0, 0.1) is 0 Å². The molecule has 0 aliphatic heterocycles. The van der Waals surface area contributed by atoms with Crippen molar-refractivity contribution in [2.24, 2.45) is 0 Å². The third-order valence-electron chi connectivity index (χ3n) is 5.28. The molecule has 1 amide bonds. The first-order valence-electron chi connectivity index (χ1n) is 11.4. The Bertz CT molecular complexity index is 1280. The molecule has 4 aromatic rings. The van der Waals surface area contributed by atoms with E-state index in [1.165, 1.54) is 18.4 Å². The van der Waals surface area contributed by atoms with Crippen LogP contribution in [-0.2, 0) is 6.42 Å². The van der Waals surface area contributed by atoms with Gasteiger partial charge in [0.1, 0.15) is 16.8 Å². The number of unbranched alkanes of at least 4 members (excludes halogenated alkanes) is 1. The normalized spacial score (nSPS) is 10.8. The molecule has 0 bridgehead atoms. The molecule has 0 radical (unpaired) electrons. The molecule has 34 heavy (non-hydrogen) atoms. The molecule has 1 heterocycles. The number of thiocarbonyl (C=S) groups is 1. The lowest BCUT2D eigenvalue weighted by Gasteiger charge is -2.10. The van der Waals surface area contributed by atoms with Gasteiger partial charge in [-0.15, -0.1) is 10.2 Å². The van der Waals surface area contributed by atoms with Crippen LogP contribution in [0.25, 0.3) is 16.7 Å². The lowest BCUT2D eigenvalue weighted by molar-refractivity contribution is 0.0977. The first-order valence-corrected chi connectivity index (χ1v) is 11.8. The number of nitrogens with zero attached hydrogens (tertiary/aromatic N) is 3. The zero-order valence-electron chi connectivity index (χ0n) is 19.2. The summed E-state index contributed by atoms with van der Waals surface area (Å²) >= 11 is 5.32. The monoisotopic (exact) mass is 473 g/mol. The quantitative estimate of drug-likeness (QED) is 0.339. The van der Waals surface area contributed by atoms with Gasteiger partial charge in [0.2, 0.25) is 0 Å². The summed E-state index contributed by atoms with van der Waals surface area (Å²) in [5.74, 6) is 0.420. The molecule has 4 rings (SSSR count). The maximum atomic E-state index is 12.5. The van der Waals surface area contributed by atoms with Gasteiger partial charge < -0.3 is 10.1 Å². The number of hydrogen-bond donors (Lipinski definition) is 2. The number of rotatable bonds is 8. The van der Waals surface area contributed by atoms with Gasteiger partial charge in [-0.2, -0.15) is 4.80 Å². The SMILES string of the molecule is CCCCc1ccc(-n2nc3ccc(NC(=S)NC(=O)c4ccc(OCC)cc4)cc3n2)cc1. The van der Waals surface area contributed by atoms with Gasteiger partial charge in [-0.05, 0) is 92.1 Å². The van der Waals surface area contributed by atoms with E-state index in [-0.39, 0.29) is 11.0 Å². The Hall–Kier alpha value is -3.78. The van der Waals surface area contributed by atoms with Gasteiger partial charge in [0.25, 0.3) is 5.91 Å². The second-order valence-corrected chi connectivity index (χ2v) is 8.24. The van der Waals surface area contributed by atoms with Crippen molar-refractivity contribution in [1.82, 2.24) is 20.3 Å². The molecule has 8 heteroatoms. The van der Waals surface area contributed by atoms with Crippen molar-refractivity contribution in [3.05, 3.63) is 77.9 Å². The summed E-state index contributed by atoms with van der Waals surface area (Å²) in [7, 11) is 0. The number of carbonyl (C=O) groups excluding carboxylic acids is 1. The molecule has 1 aromatic heterocycles. The fourth-order valence-corrected chi connectivity index (χ4v) is 3.70. The van der Waals surface area contributed by atoms with E-state index in [1.807, 2.05) is 37.3 Å². The molecular weight excluding hydrogens is 446 g/mol. The molecule has 0 aliphatic carbocycles. The number of ether oxygens (including phenoxy) is 1. The maximum Gasteiger partial charge on any atom is 0.257 e. The number of anilines is 1. The van der Waals surface area contributed by atoms with E-state index in [0.717, 1.165) is 23.1 Å². The molecule has 0 atom stereocenters. The van der Waals surface area contributed by atoms with Crippen molar-refractivity contribution < 1.29 is 9.53 Å². The summed E-state index contributed by atoms with van der Waals surface area (Å²) in [6.45, 7) is 4.68. The molecule has 0 saturated heterocycles. The summed E-state index contributed by atoms with van der Waals surface area (Å²) in [5.41, 5.74) is 4.92. The van der Waals surface area contributed by atoms with E-state index in [2.05, 4.69) is 39.9 Å². The van der Waals surface area contributed by atoms with Gasteiger partial charge in [0.15, 0.2) is 5.11 Å². The van der Waals surface area contributed by atoms with Gasteiger partial charge in [0.05, 0.1) is 12.3 Å². The van der Waals surface area contributed by atoms with Gasteiger partial charge >= 0.3 is 0 Å². The van der Waals surface area contributed by atoms with Gasteiger partial charge in [-0.1, -0.05) is 25.5 Å². The minimum absolute atomic E-state index is 0.202. The third kappa shape index (κ3) is 5.77. The van der Waals surface area contributed by atoms with Crippen molar-refractivity contribution in [1.29, 1.82) is 0 Å². The minimum Gasteiger partial charge on any atom is -0.494 e. The molecule has 0 unspecified atom stereocenters. The van der Waals surface area contributed by atoms with Crippen LogP contribution < -0.4 is 15.4 Å². The Labute approximate surface area is 204 Å². The minimum atomic E-state index is -0.296. The van der Waals surface area contributed by atoms with E-state index in [0.29, 0.717) is 23.6 Å². The number of aromatic nitrogens is 3. The fourth-order valence-electron chi connectivity index (χ4n) is 3.49. The van der Waals surface area contributed by atoms with Crippen LogP contribution in [0.1, 0.15) is 42.6 Å². The lowest BCUT2D eigenvalue weighted by atomic mass is 10.1. The summed E-state index contributed by atoms with van der Waals surface area (Å²) in [6.07, 6.45) is 3.44. The van der Waals surface area contributed by atoms with Crippen molar-refractivity contribution in [2.45, 2.75) is 33.1 Å². The zero-order chi connectivity index (χ0) is 23.9. The summed E-state index contributed by atoms with van der Waals surface area (Å²) < 4.78 is 5.40. The van der Waals surface area contributed by atoms with Crippen LogP contribution in [-0.4, -0.2) is 32.6 Å². The van der Waals surface area contributed by atoms with Crippen LogP contribution in [0.4, 0.5) is 5.69 Å². The smallest absolute Gasteiger partial charge is 0.257 e. The lowest BCUT2D eigenvalue weighted by Crippen LogP contribution is -2.34. The Balaban J connectivity index is 1.40. The molecule has 2 N–H and O–H groups in total. The summed E-state index contributed by atoms with van der Waals surface area (Å²) in [4.78, 5) is 14.1. The number of aryl methyl sites for hydroxylation is 1. The molecule has 174 valence electrons. The van der Waals surface area contributed by atoms with Crippen molar-refractivity contribution in [2.75, 3.05) is 11.9 Å². The second-order valence-electron chi connectivity index (χ2n) is 7.83. The third-order valence-corrected chi connectivity index (χ3v) is 5.48. The number of fused-ring (bicyclic) bond motifs is 1. The number of amides is 1. The first kappa shape index (κ1) is 23.4. The summed E-state index contributed by atoms with van der Waals surface area (Å²) in [5, 5.41) is 15.1. The Morgan fingerprint density at radius 3 is 2.41 bits per heavy atom. The Kier molecular flexibility index (Phi) is 7.49. The molecule has 0 aliphatic rings. The standard InChI is InChI=1S/C26H27N5O2S/c1-3-5-6-18-7-12-21(13-8-18)31-29-23-16-11-20(17-24(23)30-31)27-26(34)28-25(32)19-9-14-22(15-10-19)33-4-2/h7-17H,3-6H2,1-2H3,(H2,27,28,32,34). The van der Waals surface area contributed by atoms with Gasteiger partial charge in [-0.3, -0.25) is 10.1 Å². The van der Waals surface area contributed by atoms with Crippen LogP contribution in [0.5, 0.6) is 5.75 Å². The number of nitrogens with one attached hydrogen (secondary N) is 2. The molecule has 7 nitrogen and oxygen atoms in total. The van der Waals surface area contributed by atoms with Crippen LogP contribution in [0.3, 0.4) is 0 Å². The van der Waals surface area contributed by atoms with E-state index < -0.39 is 0 Å². The Morgan fingerprint density at radius 1 is 0.971 bits per heavy atom. The average Bonchev–Trinajstić information content (AvgIpc) is 3.27. The average molecular weight is 474 g/mol.